The van der Waals surface area contributed by atoms with Gasteiger partial charge in [0.2, 0.25) is 0 Å². The maximum atomic E-state index is 12.4. The number of hydrogen-bond donors (Lipinski definition) is 1. The lowest BCUT2D eigenvalue weighted by molar-refractivity contribution is -0.137. The topological polar surface area (TPSA) is 38.3 Å². The van der Waals surface area contributed by atoms with E-state index in [0.29, 0.717) is 16.9 Å². The zero-order valence-electron chi connectivity index (χ0n) is 11.8. The van der Waals surface area contributed by atoms with E-state index in [2.05, 4.69) is 5.32 Å². The lowest BCUT2D eigenvalue weighted by atomic mass is 10.1. The minimum absolute atomic E-state index is 0.156. The second-order valence-electron chi connectivity index (χ2n) is 4.61. The second kappa shape index (κ2) is 6.51. The molecule has 22 heavy (non-hydrogen) atoms. The molecule has 0 aliphatic carbocycles. The molecule has 0 radical (unpaired) electrons. The number of carbonyl (C=O) groups is 1. The number of alkyl halides is 3. The van der Waals surface area contributed by atoms with E-state index in [1.54, 1.807) is 24.3 Å². The summed E-state index contributed by atoms with van der Waals surface area (Å²) in [4.78, 5) is 11.9. The Labute approximate surface area is 125 Å². The maximum Gasteiger partial charge on any atom is 0.416 e. The Balaban J connectivity index is 1.95. The monoisotopic (exact) mass is 309 g/mol. The van der Waals surface area contributed by atoms with E-state index in [9.17, 15) is 18.0 Å². The van der Waals surface area contributed by atoms with Gasteiger partial charge in [-0.05, 0) is 42.0 Å². The number of halogens is 3. The minimum atomic E-state index is -4.36. The van der Waals surface area contributed by atoms with Crippen molar-refractivity contribution in [1.82, 2.24) is 5.32 Å². The van der Waals surface area contributed by atoms with Crippen LogP contribution in [0.3, 0.4) is 0 Å². The Kier molecular flexibility index (Phi) is 4.70. The third-order valence-electron chi connectivity index (χ3n) is 3.09. The largest absolute Gasteiger partial charge is 0.497 e. The number of methoxy groups -OCH3 is 1. The highest BCUT2D eigenvalue weighted by Gasteiger charge is 2.29. The van der Waals surface area contributed by atoms with Crippen LogP contribution in [0.25, 0.3) is 0 Å². The molecule has 0 unspecified atom stereocenters. The zero-order valence-corrected chi connectivity index (χ0v) is 11.8. The third kappa shape index (κ3) is 4.00. The van der Waals surface area contributed by atoms with Gasteiger partial charge in [-0.25, -0.2) is 0 Å². The molecule has 3 nitrogen and oxygen atoms in total. The molecule has 0 bridgehead atoms. The first-order chi connectivity index (χ1) is 10.4. The molecule has 116 valence electrons. The van der Waals surface area contributed by atoms with Crippen LogP contribution in [0.15, 0.2) is 48.5 Å². The van der Waals surface area contributed by atoms with Gasteiger partial charge in [-0.2, -0.15) is 13.2 Å². The van der Waals surface area contributed by atoms with Gasteiger partial charge in [-0.1, -0.05) is 12.1 Å². The van der Waals surface area contributed by atoms with Crippen LogP contribution in [0.4, 0.5) is 13.2 Å². The fraction of sp³-hybridized carbons (Fsp3) is 0.188. The van der Waals surface area contributed by atoms with Crippen LogP contribution in [-0.4, -0.2) is 13.0 Å². The summed E-state index contributed by atoms with van der Waals surface area (Å²) in [6, 6.07) is 11.2. The molecule has 2 rings (SSSR count). The molecule has 1 N–H and O–H groups in total. The van der Waals surface area contributed by atoms with E-state index < -0.39 is 11.7 Å². The van der Waals surface area contributed by atoms with E-state index in [1.807, 2.05) is 0 Å². The van der Waals surface area contributed by atoms with Crippen LogP contribution in [-0.2, 0) is 12.7 Å². The Morgan fingerprint density at radius 1 is 1.05 bits per heavy atom. The van der Waals surface area contributed by atoms with Crippen molar-refractivity contribution >= 4 is 5.91 Å². The van der Waals surface area contributed by atoms with Crippen LogP contribution in [0.5, 0.6) is 5.75 Å². The number of nitrogens with one attached hydrogen (secondary N) is 1. The van der Waals surface area contributed by atoms with Gasteiger partial charge < -0.3 is 10.1 Å². The van der Waals surface area contributed by atoms with Crippen molar-refractivity contribution in [2.24, 2.45) is 0 Å². The predicted octanol–water partition coefficient (Wildman–Crippen LogP) is 3.64. The van der Waals surface area contributed by atoms with Gasteiger partial charge in [-0.3, -0.25) is 4.79 Å². The molecule has 0 atom stereocenters. The third-order valence-corrected chi connectivity index (χ3v) is 3.09. The molecule has 0 aromatic heterocycles. The van der Waals surface area contributed by atoms with Crippen LogP contribution >= 0.6 is 0 Å². The molecule has 0 fully saturated rings. The highest BCUT2D eigenvalue weighted by Crippen LogP contribution is 2.29. The van der Waals surface area contributed by atoms with Crippen LogP contribution < -0.4 is 10.1 Å². The first-order valence-electron chi connectivity index (χ1n) is 6.48. The highest BCUT2D eigenvalue weighted by atomic mass is 19.4. The molecule has 0 aliphatic rings. The summed E-state index contributed by atoms with van der Waals surface area (Å²) in [5, 5.41) is 2.65. The molecule has 1 amide bonds. The molecular formula is C16H14F3NO2. The SMILES string of the molecule is COc1ccc(C(=O)NCc2ccc(C(F)(F)F)cc2)cc1. The van der Waals surface area contributed by atoms with Crippen molar-refractivity contribution in [2.45, 2.75) is 12.7 Å². The predicted molar refractivity (Wildman–Crippen MR) is 75.6 cm³/mol. The summed E-state index contributed by atoms with van der Waals surface area (Å²) in [5.41, 5.74) is 0.334. The fourth-order valence-electron chi connectivity index (χ4n) is 1.84. The number of hydrogen-bond acceptors (Lipinski definition) is 2. The molecule has 0 saturated heterocycles. The number of ether oxygens (including phenoxy) is 1. The number of amides is 1. The van der Waals surface area contributed by atoms with Gasteiger partial charge in [0.05, 0.1) is 12.7 Å². The molecule has 2 aromatic rings. The Morgan fingerprint density at radius 2 is 1.64 bits per heavy atom. The number of benzene rings is 2. The Morgan fingerprint density at radius 3 is 2.14 bits per heavy atom. The molecule has 0 spiro atoms. The van der Waals surface area contributed by atoms with Gasteiger partial charge in [0.25, 0.3) is 5.91 Å². The zero-order chi connectivity index (χ0) is 16.2. The average Bonchev–Trinajstić information content (AvgIpc) is 2.52. The second-order valence-corrected chi connectivity index (χ2v) is 4.61. The molecule has 2 aromatic carbocycles. The highest BCUT2D eigenvalue weighted by molar-refractivity contribution is 5.94. The number of carbonyl (C=O) groups excluding carboxylic acids is 1. The van der Waals surface area contributed by atoms with Crippen molar-refractivity contribution in [3.05, 3.63) is 65.2 Å². The van der Waals surface area contributed by atoms with E-state index in [-0.39, 0.29) is 12.5 Å². The first kappa shape index (κ1) is 15.9. The minimum Gasteiger partial charge on any atom is -0.497 e. The summed E-state index contributed by atoms with van der Waals surface area (Å²) in [6.07, 6.45) is -4.36. The van der Waals surface area contributed by atoms with Gasteiger partial charge >= 0.3 is 6.18 Å². The van der Waals surface area contributed by atoms with Crippen molar-refractivity contribution in [3.8, 4) is 5.75 Å². The van der Waals surface area contributed by atoms with E-state index >= 15 is 0 Å². The standard InChI is InChI=1S/C16H14F3NO2/c1-22-14-8-4-12(5-9-14)15(21)20-10-11-2-6-13(7-3-11)16(17,18)19/h2-9H,10H2,1H3,(H,20,21). The summed E-state index contributed by atoms with van der Waals surface area (Å²) in [6.45, 7) is 0.156. The van der Waals surface area contributed by atoms with E-state index in [1.165, 1.54) is 19.2 Å². The van der Waals surface area contributed by atoms with Crippen molar-refractivity contribution in [3.63, 3.8) is 0 Å². The molecule has 6 heteroatoms. The molecule has 0 aliphatic heterocycles. The normalized spacial score (nSPS) is 11.1. The maximum absolute atomic E-state index is 12.4. The van der Waals surface area contributed by atoms with Gasteiger partial charge in [0, 0.05) is 12.1 Å². The first-order valence-corrected chi connectivity index (χ1v) is 6.48. The lowest BCUT2D eigenvalue weighted by Gasteiger charge is -2.09. The fourth-order valence-corrected chi connectivity index (χ4v) is 1.84. The van der Waals surface area contributed by atoms with Gasteiger partial charge in [0.1, 0.15) is 5.75 Å². The lowest BCUT2D eigenvalue weighted by Crippen LogP contribution is -2.22. The van der Waals surface area contributed by atoms with Crippen molar-refractivity contribution in [2.75, 3.05) is 7.11 Å². The average molecular weight is 309 g/mol. The van der Waals surface area contributed by atoms with Gasteiger partial charge in [-0.15, -0.1) is 0 Å². The van der Waals surface area contributed by atoms with Crippen LogP contribution in [0, 0.1) is 0 Å². The summed E-state index contributed by atoms with van der Waals surface area (Å²) >= 11 is 0. The number of rotatable bonds is 4. The molecular weight excluding hydrogens is 295 g/mol. The van der Waals surface area contributed by atoms with E-state index in [4.69, 9.17) is 4.74 Å². The molecule has 0 saturated carbocycles. The van der Waals surface area contributed by atoms with Crippen LogP contribution in [0.2, 0.25) is 0 Å². The van der Waals surface area contributed by atoms with Crippen molar-refractivity contribution in [1.29, 1.82) is 0 Å². The van der Waals surface area contributed by atoms with Crippen LogP contribution in [0.1, 0.15) is 21.5 Å². The summed E-state index contributed by atoms with van der Waals surface area (Å²) in [5.74, 6) is 0.335. The summed E-state index contributed by atoms with van der Waals surface area (Å²) in [7, 11) is 1.53. The van der Waals surface area contributed by atoms with Crippen molar-refractivity contribution < 1.29 is 22.7 Å². The smallest absolute Gasteiger partial charge is 0.416 e. The Hall–Kier alpha value is -2.50. The van der Waals surface area contributed by atoms with E-state index in [0.717, 1.165) is 12.1 Å². The summed E-state index contributed by atoms with van der Waals surface area (Å²) < 4.78 is 42.3. The molecule has 0 heterocycles. The van der Waals surface area contributed by atoms with Gasteiger partial charge in [0.15, 0.2) is 0 Å². The quantitative estimate of drug-likeness (QED) is 0.936. The Bertz CT molecular complexity index is 634.